The summed E-state index contributed by atoms with van der Waals surface area (Å²) < 4.78 is 37.8. The van der Waals surface area contributed by atoms with Crippen LogP contribution >= 0.6 is 0 Å². The van der Waals surface area contributed by atoms with Crippen molar-refractivity contribution in [2.24, 2.45) is 0 Å². The van der Waals surface area contributed by atoms with Crippen LogP contribution < -0.4 is 9.47 Å². The lowest BCUT2D eigenvalue weighted by molar-refractivity contribution is -0.133. The molecule has 0 atom stereocenters. The smallest absolute Gasteiger partial charge is 0.281 e. The number of para-hydroxylation sites is 2. The highest BCUT2D eigenvalue weighted by atomic mass is 32.2. The summed E-state index contributed by atoms with van der Waals surface area (Å²) in [5, 5.41) is 0. The van der Waals surface area contributed by atoms with Crippen LogP contribution in [0.2, 0.25) is 0 Å². The zero-order chi connectivity index (χ0) is 18.4. The molecule has 0 spiro atoms. The van der Waals surface area contributed by atoms with E-state index in [4.69, 9.17) is 9.47 Å². The Kier molecular flexibility index (Phi) is 6.63. The van der Waals surface area contributed by atoms with E-state index in [-0.39, 0.29) is 19.1 Å². The van der Waals surface area contributed by atoms with Crippen LogP contribution in [0.3, 0.4) is 0 Å². The summed E-state index contributed by atoms with van der Waals surface area (Å²) >= 11 is 0. The van der Waals surface area contributed by atoms with Crippen LogP contribution in [0.1, 0.15) is 6.42 Å². The average molecular weight is 371 g/mol. The number of methoxy groups -OCH3 is 1. The quantitative estimate of drug-likeness (QED) is 0.724. The molecule has 1 heterocycles. The molecule has 9 heteroatoms. The average Bonchev–Trinajstić information content (AvgIpc) is 2.86. The van der Waals surface area contributed by atoms with Gasteiger partial charge in [-0.2, -0.15) is 17.0 Å². The van der Waals surface area contributed by atoms with Crippen molar-refractivity contribution in [3.8, 4) is 11.5 Å². The first-order valence-corrected chi connectivity index (χ1v) is 9.47. The van der Waals surface area contributed by atoms with Crippen LogP contribution in [0.15, 0.2) is 24.3 Å². The molecule has 1 amide bonds. The summed E-state index contributed by atoms with van der Waals surface area (Å²) in [6.07, 6.45) is 0.591. The van der Waals surface area contributed by atoms with Crippen molar-refractivity contribution >= 4 is 16.1 Å². The van der Waals surface area contributed by atoms with Gasteiger partial charge in [-0.1, -0.05) is 12.1 Å². The molecule has 0 aromatic heterocycles. The van der Waals surface area contributed by atoms with E-state index in [0.717, 1.165) is 0 Å². The Hall–Kier alpha value is -1.84. The van der Waals surface area contributed by atoms with E-state index in [1.807, 2.05) is 6.07 Å². The standard InChI is InChI=1S/C16H25N3O5S/c1-17(2)25(21,22)19-10-6-9-18(11-12-19)16(20)13-24-15-8-5-4-7-14(15)23-3/h4-5,7-8H,6,9-13H2,1-3H3. The SMILES string of the molecule is COc1ccccc1OCC(=O)N1CCCN(S(=O)(=O)N(C)C)CC1. The lowest BCUT2D eigenvalue weighted by Crippen LogP contribution is -2.43. The second kappa shape index (κ2) is 8.50. The van der Waals surface area contributed by atoms with E-state index in [9.17, 15) is 13.2 Å². The second-order valence-corrected chi connectivity index (χ2v) is 8.01. The van der Waals surface area contributed by atoms with Gasteiger partial charge in [-0.25, -0.2) is 0 Å². The van der Waals surface area contributed by atoms with Crippen LogP contribution in [0, 0.1) is 0 Å². The van der Waals surface area contributed by atoms with Crippen molar-refractivity contribution < 1.29 is 22.7 Å². The summed E-state index contributed by atoms with van der Waals surface area (Å²) in [5.41, 5.74) is 0. The predicted octanol–water partition coefficient (Wildman–Crippen LogP) is 0.415. The van der Waals surface area contributed by atoms with Gasteiger partial charge in [-0.15, -0.1) is 0 Å². The lowest BCUT2D eigenvalue weighted by Gasteiger charge is -2.24. The molecule has 25 heavy (non-hydrogen) atoms. The van der Waals surface area contributed by atoms with Crippen molar-refractivity contribution in [2.75, 3.05) is 54.0 Å². The third-order valence-corrected chi connectivity index (χ3v) is 5.96. The summed E-state index contributed by atoms with van der Waals surface area (Å²) in [4.78, 5) is 14.0. The zero-order valence-electron chi connectivity index (χ0n) is 14.8. The molecule has 0 radical (unpaired) electrons. The highest BCUT2D eigenvalue weighted by Crippen LogP contribution is 2.25. The molecule has 140 valence electrons. The minimum atomic E-state index is -3.46. The maximum Gasteiger partial charge on any atom is 0.281 e. The number of amides is 1. The van der Waals surface area contributed by atoms with Gasteiger partial charge in [0.1, 0.15) is 0 Å². The van der Waals surface area contributed by atoms with Crippen LogP contribution in [0.5, 0.6) is 11.5 Å². The van der Waals surface area contributed by atoms with Crippen molar-refractivity contribution in [3.63, 3.8) is 0 Å². The van der Waals surface area contributed by atoms with Gasteiger partial charge in [0.25, 0.3) is 16.1 Å². The number of hydrogen-bond acceptors (Lipinski definition) is 5. The Morgan fingerprint density at radius 3 is 2.44 bits per heavy atom. The third-order valence-electron chi connectivity index (χ3n) is 4.02. The van der Waals surface area contributed by atoms with E-state index in [1.54, 1.807) is 30.2 Å². The Bertz CT molecular complexity index is 693. The molecule has 1 aromatic carbocycles. The van der Waals surface area contributed by atoms with Gasteiger partial charge >= 0.3 is 0 Å². The summed E-state index contributed by atoms with van der Waals surface area (Å²) in [6, 6.07) is 7.12. The van der Waals surface area contributed by atoms with E-state index in [0.29, 0.717) is 37.6 Å². The van der Waals surface area contributed by atoms with Crippen LogP contribution in [0.25, 0.3) is 0 Å². The Morgan fingerprint density at radius 1 is 1.12 bits per heavy atom. The second-order valence-electron chi connectivity index (χ2n) is 5.86. The summed E-state index contributed by atoms with van der Waals surface area (Å²) in [7, 11) is 1.09. The molecule has 0 saturated carbocycles. The molecule has 1 fully saturated rings. The molecular formula is C16H25N3O5S. The molecule has 8 nitrogen and oxygen atoms in total. The predicted molar refractivity (Wildman–Crippen MR) is 93.9 cm³/mol. The zero-order valence-corrected chi connectivity index (χ0v) is 15.7. The third kappa shape index (κ3) is 4.83. The van der Waals surface area contributed by atoms with Gasteiger partial charge in [0, 0.05) is 40.3 Å². The van der Waals surface area contributed by atoms with Gasteiger partial charge in [-0.05, 0) is 18.6 Å². The number of ether oxygens (including phenoxy) is 2. The van der Waals surface area contributed by atoms with E-state index < -0.39 is 10.2 Å². The molecule has 1 aromatic rings. The molecule has 0 aliphatic carbocycles. The van der Waals surface area contributed by atoms with Crippen molar-refractivity contribution in [2.45, 2.75) is 6.42 Å². The summed E-state index contributed by atoms with van der Waals surface area (Å²) in [6.45, 7) is 1.42. The highest BCUT2D eigenvalue weighted by molar-refractivity contribution is 7.86. The molecule has 0 bridgehead atoms. The van der Waals surface area contributed by atoms with E-state index >= 15 is 0 Å². The van der Waals surface area contributed by atoms with Gasteiger partial charge in [0.15, 0.2) is 18.1 Å². The first-order valence-electron chi connectivity index (χ1n) is 8.07. The normalized spacial score (nSPS) is 16.6. The van der Waals surface area contributed by atoms with Gasteiger partial charge < -0.3 is 14.4 Å². The number of benzene rings is 1. The molecular weight excluding hydrogens is 346 g/mol. The van der Waals surface area contributed by atoms with Crippen LogP contribution in [-0.4, -0.2) is 81.8 Å². The van der Waals surface area contributed by atoms with Gasteiger partial charge in [0.05, 0.1) is 7.11 Å². The number of hydrogen-bond donors (Lipinski definition) is 0. The number of carbonyl (C=O) groups is 1. The molecule has 0 unspecified atom stereocenters. The number of carbonyl (C=O) groups excluding carboxylic acids is 1. The minimum absolute atomic E-state index is 0.110. The van der Waals surface area contributed by atoms with Crippen molar-refractivity contribution in [1.82, 2.24) is 13.5 Å². The van der Waals surface area contributed by atoms with Gasteiger partial charge in [0.2, 0.25) is 0 Å². The molecule has 1 aliphatic heterocycles. The Morgan fingerprint density at radius 2 is 1.80 bits per heavy atom. The maximum absolute atomic E-state index is 12.4. The summed E-state index contributed by atoms with van der Waals surface area (Å²) in [5.74, 6) is 0.898. The molecule has 1 aliphatic rings. The minimum Gasteiger partial charge on any atom is -0.493 e. The van der Waals surface area contributed by atoms with Crippen molar-refractivity contribution in [1.29, 1.82) is 0 Å². The fourth-order valence-electron chi connectivity index (χ4n) is 2.57. The Balaban J connectivity index is 1.93. The molecule has 1 saturated heterocycles. The lowest BCUT2D eigenvalue weighted by atomic mass is 10.3. The van der Waals surface area contributed by atoms with Crippen LogP contribution in [0.4, 0.5) is 0 Å². The fraction of sp³-hybridized carbons (Fsp3) is 0.562. The largest absolute Gasteiger partial charge is 0.493 e. The Labute approximate surface area is 149 Å². The van der Waals surface area contributed by atoms with Crippen LogP contribution in [-0.2, 0) is 15.0 Å². The number of rotatable bonds is 6. The van der Waals surface area contributed by atoms with Crippen molar-refractivity contribution in [3.05, 3.63) is 24.3 Å². The fourth-order valence-corrected chi connectivity index (χ4v) is 3.71. The highest BCUT2D eigenvalue weighted by Gasteiger charge is 2.28. The van der Waals surface area contributed by atoms with Gasteiger partial charge in [-0.3, -0.25) is 4.79 Å². The maximum atomic E-state index is 12.4. The topological polar surface area (TPSA) is 79.4 Å². The molecule has 0 N–H and O–H groups in total. The monoisotopic (exact) mass is 371 g/mol. The first kappa shape index (κ1) is 19.5. The van der Waals surface area contributed by atoms with E-state index in [1.165, 1.54) is 22.7 Å². The first-order chi connectivity index (χ1) is 11.9. The molecule has 2 rings (SSSR count). The van der Waals surface area contributed by atoms with E-state index in [2.05, 4.69) is 0 Å². The number of nitrogens with zero attached hydrogens (tertiary/aromatic N) is 3.